The Morgan fingerprint density at radius 3 is 2.57 bits per heavy atom. The molecule has 0 saturated carbocycles. The summed E-state index contributed by atoms with van der Waals surface area (Å²) in [6.45, 7) is 6.32. The van der Waals surface area contributed by atoms with E-state index < -0.39 is 0 Å². The molecule has 37 heavy (non-hydrogen) atoms. The Bertz CT molecular complexity index is 1580. The zero-order chi connectivity index (χ0) is 25.9. The molecule has 0 bridgehead atoms. The van der Waals surface area contributed by atoms with Crippen molar-refractivity contribution in [3.05, 3.63) is 70.4 Å². The monoisotopic (exact) mass is 511 g/mol. The second kappa shape index (κ2) is 10.9. The van der Waals surface area contributed by atoms with Gasteiger partial charge in [-0.05, 0) is 68.1 Å². The minimum atomic E-state index is -0.321. The number of aromatic amines is 1. The van der Waals surface area contributed by atoms with Crippen molar-refractivity contribution in [2.24, 2.45) is 0 Å². The van der Waals surface area contributed by atoms with Crippen LogP contribution in [0.1, 0.15) is 65.7 Å². The molecule has 0 atom stereocenters. The molecule has 0 aliphatic carbocycles. The highest BCUT2D eigenvalue weighted by atomic mass is 32.1. The van der Waals surface area contributed by atoms with E-state index in [9.17, 15) is 4.79 Å². The number of benzene rings is 2. The van der Waals surface area contributed by atoms with Crippen LogP contribution in [0.3, 0.4) is 0 Å². The topological polar surface area (TPSA) is 67.9 Å². The molecule has 0 aliphatic heterocycles. The average Bonchev–Trinajstić information content (AvgIpc) is 3.45. The number of thiazole rings is 1. The van der Waals surface area contributed by atoms with Gasteiger partial charge in [0.05, 0.1) is 39.5 Å². The molecule has 5 nitrogen and oxygen atoms in total. The second-order valence-corrected chi connectivity index (χ2v) is 10.8. The number of nitrogens with zero attached hydrogens (tertiary/aromatic N) is 2. The van der Waals surface area contributed by atoms with E-state index in [0.29, 0.717) is 5.56 Å². The predicted molar refractivity (Wildman–Crippen MR) is 153 cm³/mol. The number of aromatic nitrogens is 3. The Hall–Kier alpha value is -3.51. The number of fused-ring (bicyclic) bond motifs is 2. The zero-order valence-corrected chi connectivity index (χ0v) is 22.8. The van der Waals surface area contributed by atoms with Gasteiger partial charge in [-0.15, -0.1) is 11.3 Å². The van der Waals surface area contributed by atoms with Crippen LogP contribution in [0.25, 0.3) is 43.6 Å². The molecule has 0 saturated heterocycles. The van der Waals surface area contributed by atoms with E-state index in [4.69, 9.17) is 9.72 Å². The highest BCUT2D eigenvalue weighted by molar-refractivity contribution is 7.15. The summed E-state index contributed by atoms with van der Waals surface area (Å²) in [5.74, 6) is -0.321. The Morgan fingerprint density at radius 1 is 0.973 bits per heavy atom. The van der Waals surface area contributed by atoms with E-state index in [1.54, 1.807) is 11.3 Å². The van der Waals surface area contributed by atoms with E-state index in [1.165, 1.54) is 43.7 Å². The summed E-state index contributed by atoms with van der Waals surface area (Å²) < 4.78 is 4.94. The number of aryl methyl sites for hydroxylation is 3. The molecule has 0 aliphatic rings. The summed E-state index contributed by atoms with van der Waals surface area (Å²) in [4.78, 5) is 26.4. The molecule has 2 aromatic carbocycles. The number of hydrogen-bond donors (Lipinski definition) is 1. The summed E-state index contributed by atoms with van der Waals surface area (Å²) >= 11 is 1.69. The first kappa shape index (κ1) is 25.2. The number of carbonyl (C=O) groups excluding carboxylic acids is 1. The molecule has 5 rings (SSSR count). The number of ether oxygens (including phenoxy) is 1. The largest absolute Gasteiger partial charge is 0.465 e. The fourth-order valence-corrected chi connectivity index (χ4v) is 5.98. The van der Waals surface area contributed by atoms with Gasteiger partial charge in [0.1, 0.15) is 0 Å². The Labute approximate surface area is 221 Å². The van der Waals surface area contributed by atoms with E-state index in [1.807, 2.05) is 26.0 Å². The highest BCUT2D eigenvalue weighted by Gasteiger charge is 2.16. The van der Waals surface area contributed by atoms with E-state index in [2.05, 4.69) is 53.3 Å². The van der Waals surface area contributed by atoms with Crippen molar-refractivity contribution in [3.63, 3.8) is 0 Å². The maximum absolute atomic E-state index is 12.1. The van der Waals surface area contributed by atoms with Gasteiger partial charge in [0, 0.05) is 22.0 Å². The van der Waals surface area contributed by atoms with Gasteiger partial charge in [-0.25, -0.2) is 14.8 Å². The maximum Gasteiger partial charge on any atom is 0.337 e. The lowest BCUT2D eigenvalue weighted by Crippen LogP contribution is -2.00. The number of unbranched alkanes of at least 4 members (excludes halogenated alkanes) is 4. The summed E-state index contributed by atoms with van der Waals surface area (Å²) in [5.41, 5.74) is 8.04. The van der Waals surface area contributed by atoms with Crippen LogP contribution in [0.5, 0.6) is 0 Å². The summed E-state index contributed by atoms with van der Waals surface area (Å²) in [5, 5.41) is 3.33. The number of hydrogen-bond acceptors (Lipinski definition) is 5. The van der Waals surface area contributed by atoms with Gasteiger partial charge in [-0.1, -0.05) is 50.8 Å². The number of carbonyl (C=O) groups is 1. The lowest BCUT2D eigenvalue weighted by molar-refractivity contribution is 0.0601. The molecule has 190 valence electrons. The molecule has 3 aromatic heterocycles. The lowest BCUT2D eigenvalue weighted by Gasteiger charge is -2.08. The molecular formula is C31H33N3O2S. The van der Waals surface area contributed by atoms with Crippen LogP contribution in [-0.4, -0.2) is 28.0 Å². The third kappa shape index (κ3) is 5.16. The predicted octanol–water partition coefficient (Wildman–Crippen LogP) is 8.42. The highest BCUT2D eigenvalue weighted by Crippen LogP contribution is 2.35. The third-order valence-electron chi connectivity index (χ3n) is 6.97. The first-order valence-corrected chi connectivity index (χ1v) is 13.9. The van der Waals surface area contributed by atoms with Crippen LogP contribution in [-0.2, 0) is 11.2 Å². The molecule has 0 unspecified atom stereocenters. The van der Waals surface area contributed by atoms with Crippen molar-refractivity contribution in [1.82, 2.24) is 15.0 Å². The van der Waals surface area contributed by atoms with Crippen LogP contribution < -0.4 is 0 Å². The standard InChI is InChI=1S/C31H33N3O2S/c1-5-6-7-8-9-10-25-24-14-11-23(31(35)36-4)18-28(24)34-29(25)22-13-15-26-21(17-22)12-16-27(33-26)30-19(2)32-20(3)37-30/h11-18,34H,5-10H2,1-4H3. The third-order valence-corrected chi connectivity index (χ3v) is 8.07. The van der Waals surface area contributed by atoms with E-state index >= 15 is 0 Å². The van der Waals surface area contributed by atoms with Crippen molar-refractivity contribution in [3.8, 4) is 21.8 Å². The minimum absolute atomic E-state index is 0.321. The van der Waals surface area contributed by atoms with Gasteiger partial charge >= 0.3 is 5.97 Å². The van der Waals surface area contributed by atoms with Crippen LogP contribution in [0.15, 0.2) is 48.5 Å². The number of H-pyrrole nitrogens is 1. The quantitative estimate of drug-likeness (QED) is 0.159. The van der Waals surface area contributed by atoms with Crippen LogP contribution in [0.4, 0.5) is 0 Å². The number of methoxy groups -OCH3 is 1. The number of pyridine rings is 1. The summed E-state index contributed by atoms with van der Waals surface area (Å²) in [7, 11) is 1.42. The Balaban J connectivity index is 1.54. The second-order valence-electron chi connectivity index (χ2n) is 9.65. The van der Waals surface area contributed by atoms with E-state index in [0.717, 1.165) is 61.8 Å². The first-order valence-electron chi connectivity index (χ1n) is 13.1. The molecule has 0 amide bonds. The van der Waals surface area contributed by atoms with Crippen LogP contribution >= 0.6 is 11.3 Å². The van der Waals surface area contributed by atoms with Crippen LogP contribution in [0.2, 0.25) is 0 Å². The fourth-order valence-electron chi connectivity index (χ4n) is 5.09. The maximum atomic E-state index is 12.1. The molecule has 6 heteroatoms. The first-order chi connectivity index (χ1) is 18.0. The zero-order valence-electron chi connectivity index (χ0n) is 22.0. The van der Waals surface area contributed by atoms with Crippen molar-refractivity contribution in [2.75, 3.05) is 7.11 Å². The fraction of sp³-hybridized carbons (Fsp3) is 0.323. The molecule has 5 aromatic rings. The average molecular weight is 512 g/mol. The van der Waals surface area contributed by atoms with Gasteiger partial charge in [0.25, 0.3) is 0 Å². The number of nitrogens with one attached hydrogen (secondary N) is 1. The van der Waals surface area contributed by atoms with Gasteiger partial charge < -0.3 is 9.72 Å². The summed E-state index contributed by atoms with van der Waals surface area (Å²) in [6, 6.07) is 16.5. The molecule has 3 heterocycles. The number of esters is 1. The van der Waals surface area contributed by atoms with Gasteiger partial charge in [0.15, 0.2) is 0 Å². The lowest BCUT2D eigenvalue weighted by atomic mass is 9.98. The normalized spacial score (nSPS) is 11.5. The molecule has 0 radical (unpaired) electrons. The summed E-state index contributed by atoms with van der Waals surface area (Å²) in [6.07, 6.45) is 7.15. The smallest absolute Gasteiger partial charge is 0.337 e. The van der Waals surface area contributed by atoms with Crippen molar-refractivity contribution < 1.29 is 9.53 Å². The van der Waals surface area contributed by atoms with Crippen molar-refractivity contribution in [2.45, 2.75) is 59.3 Å². The Morgan fingerprint density at radius 2 is 1.81 bits per heavy atom. The van der Waals surface area contributed by atoms with Gasteiger partial charge in [0.2, 0.25) is 0 Å². The molecule has 0 spiro atoms. The Kier molecular flexibility index (Phi) is 7.38. The molecular weight excluding hydrogens is 478 g/mol. The van der Waals surface area contributed by atoms with Crippen LogP contribution in [0, 0.1) is 13.8 Å². The van der Waals surface area contributed by atoms with Gasteiger partial charge in [-0.3, -0.25) is 0 Å². The number of rotatable bonds is 9. The molecule has 1 N–H and O–H groups in total. The van der Waals surface area contributed by atoms with Crippen molar-refractivity contribution in [1.29, 1.82) is 0 Å². The van der Waals surface area contributed by atoms with Gasteiger partial charge in [-0.2, -0.15) is 0 Å². The van der Waals surface area contributed by atoms with E-state index in [-0.39, 0.29) is 5.97 Å². The molecule has 0 fully saturated rings. The SMILES string of the molecule is CCCCCCCc1c(-c2ccc3nc(-c4sc(C)nc4C)ccc3c2)[nH]c2cc(C(=O)OC)ccc12. The van der Waals surface area contributed by atoms with Crippen molar-refractivity contribution >= 4 is 39.1 Å². The minimum Gasteiger partial charge on any atom is -0.465 e.